The minimum atomic E-state index is 0. The molecule has 1 aromatic carbocycles. The van der Waals surface area contributed by atoms with E-state index in [0.717, 1.165) is 50.3 Å². The Balaban J connectivity index is 0.00000176. The molecule has 0 saturated carbocycles. The number of nitrogens with zero attached hydrogens (tertiary/aromatic N) is 1. The molecule has 0 bridgehead atoms. The fourth-order valence-corrected chi connectivity index (χ4v) is 2.99. The number of fused-ring (bicyclic) bond motifs is 1. The van der Waals surface area contributed by atoms with E-state index in [1.807, 2.05) is 24.3 Å². The number of nitrogens with one attached hydrogen (secondary N) is 2. The van der Waals surface area contributed by atoms with Gasteiger partial charge in [-0.3, -0.25) is 9.69 Å². The predicted molar refractivity (Wildman–Crippen MR) is 88.6 cm³/mol. The van der Waals surface area contributed by atoms with Gasteiger partial charge in [0.15, 0.2) is 0 Å². The van der Waals surface area contributed by atoms with Crippen LogP contribution in [-0.2, 0) is 4.79 Å². The van der Waals surface area contributed by atoms with Crippen molar-refractivity contribution in [1.82, 2.24) is 15.5 Å². The number of ether oxygens (including phenoxy) is 1. The number of hydrogen-bond acceptors (Lipinski definition) is 4. The summed E-state index contributed by atoms with van der Waals surface area (Å²) in [6.07, 6.45) is 1.94. The summed E-state index contributed by atoms with van der Waals surface area (Å²) in [7, 11) is 0. The first-order valence-electron chi connectivity index (χ1n) is 7.77. The maximum Gasteiger partial charge on any atom is 0.234 e. The Morgan fingerprint density at radius 3 is 3.09 bits per heavy atom. The molecular weight excluding hydrogens is 302 g/mol. The van der Waals surface area contributed by atoms with Crippen molar-refractivity contribution in [3.8, 4) is 5.75 Å². The molecule has 5 nitrogen and oxygen atoms in total. The van der Waals surface area contributed by atoms with Crippen molar-refractivity contribution in [2.24, 2.45) is 0 Å². The molecule has 2 aliphatic heterocycles. The van der Waals surface area contributed by atoms with E-state index in [2.05, 4.69) is 15.5 Å². The van der Waals surface area contributed by atoms with E-state index in [4.69, 9.17) is 4.74 Å². The number of halogens is 1. The SMILES string of the molecule is Cl.O=C(CN1CCCNCC1)NC1CCOc2ccccc21. The van der Waals surface area contributed by atoms with E-state index in [9.17, 15) is 4.79 Å². The van der Waals surface area contributed by atoms with Gasteiger partial charge in [-0.05, 0) is 25.6 Å². The molecule has 122 valence electrons. The minimum Gasteiger partial charge on any atom is -0.493 e. The lowest BCUT2D eigenvalue weighted by Crippen LogP contribution is -2.41. The van der Waals surface area contributed by atoms with Crippen LogP contribution in [0.3, 0.4) is 0 Å². The summed E-state index contributed by atoms with van der Waals surface area (Å²) >= 11 is 0. The minimum absolute atomic E-state index is 0. The number of benzene rings is 1. The van der Waals surface area contributed by atoms with Gasteiger partial charge in [0.05, 0.1) is 19.2 Å². The van der Waals surface area contributed by atoms with E-state index in [-0.39, 0.29) is 24.4 Å². The molecule has 1 fully saturated rings. The lowest BCUT2D eigenvalue weighted by Gasteiger charge is -2.27. The van der Waals surface area contributed by atoms with Gasteiger partial charge in [-0.25, -0.2) is 0 Å². The summed E-state index contributed by atoms with van der Waals surface area (Å²) in [4.78, 5) is 14.5. The van der Waals surface area contributed by atoms with Crippen LogP contribution in [0.1, 0.15) is 24.4 Å². The lowest BCUT2D eigenvalue weighted by molar-refractivity contribution is -0.123. The molecule has 0 aromatic heterocycles. The number of carbonyl (C=O) groups excluding carboxylic acids is 1. The van der Waals surface area contributed by atoms with Crippen LogP contribution in [0.2, 0.25) is 0 Å². The first-order chi connectivity index (χ1) is 10.3. The fraction of sp³-hybridized carbons (Fsp3) is 0.562. The van der Waals surface area contributed by atoms with Gasteiger partial charge in [-0.15, -0.1) is 12.4 Å². The van der Waals surface area contributed by atoms with E-state index in [1.54, 1.807) is 0 Å². The number of amides is 1. The number of para-hydroxylation sites is 1. The number of rotatable bonds is 3. The van der Waals surface area contributed by atoms with Crippen LogP contribution < -0.4 is 15.4 Å². The first-order valence-corrected chi connectivity index (χ1v) is 7.77. The van der Waals surface area contributed by atoms with E-state index in [1.165, 1.54) is 0 Å². The lowest BCUT2D eigenvalue weighted by atomic mass is 10.0. The van der Waals surface area contributed by atoms with Crippen LogP contribution in [0.15, 0.2) is 24.3 Å². The first kappa shape index (κ1) is 17.1. The predicted octanol–water partition coefficient (Wildman–Crippen LogP) is 1.34. The van der Waals surface area contributed by atoms with E-state index in [0.29, 0.717) is 13.2 Å². The summed E-state index contributed by atoms with van der Waals surface area (Å²) in [6, 6.07) is 8.04. The second-order valence-electron chi connectivity index (χ2n) is 5.67. The van der Waals surface area contributed by atoms with Crippen molar-refractivity contribution >= 4 is 18.3 Å². The van der Waals surface area contributed by atoms with Crippen molar-refractivity contribution in [2.75, 3.05) is 39.3 Å². The van der Waals surface area contributed by atoms with Crippen molar-refractivity contribution in [3.05, 3.63) is 29.8 Å². The van der Waals surface area contributed by atoms with Gasteiger partial charge in [-0.2, -0.15) is 0 Å². The number of hydrogen-bond donors (Lipinski definition) is 2. The van der Waals surface area contributed by atoms with Crippen molar-refractivity contribution in [1.29, 1.82) is 0 Å². The Kier molecular flexibility index (Phi) is 6.49. The molecule has 6 heteroatoms. The van der Waals surface area contributed by atoms with Gasteiger partial charge in [0.2, 0.25) is 5.91 Å². The van der Waals surface area contributed by atoms with Crippen molar-refractivity contribution < 1.29 is 9.53 Å². The van der Waals surface area contributed by atoms with Gasteiger partial charge in [0.25, 0.3) is 0 Å². The van der Waals surface area contributed by atoms with Crippen LogP contribution in [0.4, 0.5) is 0 Å². The van der Waals surface area contributed by atoms with Gasteiger partial charge >= 0.3 is 0 Å². The largest absolute Gasteiger partial charge is 0.493 e. The maximum absolute atomic E-state index is 12.3. The third-order valence-electron chi connectivity index (χ3n) is 4.09. The molecule has 2 aliphatic rings. The normalized spacial score (nSPS) is 21.7. The Morgan fingerprint density at radius 1 is 1.32 bits per heavy atom. The average molecular weight is 326 g/mol. The van der Waals surface area contributed by atoms with Gasteiger partial charge < -0.3 is 15.4 Å². The highest BCUT2D eigenvalue weighted by Crippen LogP contribution is 2.31. The zero-order valence-electron chi connectivity index (χ0n) is 12.7. The molecule has 1 unspecified atom stereocenters. The van der Waals surface area contributed by atoms with Crippen LogP contribution in [0.25, 0.3) is 0 Å². The van der Waals surface area contributed by atoms with Crippen molar-refractivity contribution in [3.63, 3.8) is 0 Å². The molecule has 2 heterocycles. The molecule has 1 atom stereocenters. The third-order valence-corrected chi connectivity index (χ3v) is 4.09. The summed E-state index contributed by atoms with van der Waals surface area (Å²) in [6.45, 7) is 5.10. The monoisotopic (exact) mass is 325 g/mol. The highest BCUT2D eigenvalue weighted by atomic mass is 35.5. The molecule has 3 rings (SSSR count). The van der Waals surface area contributed by atoms with E-state index >= 15 is 0 Å². The highest BCUT2D eigenvalue weighted by molar-refractivity contribution is 5.85. The highest BCUT2D eigenvalue weighted by Gasteiger charge is 2.23. The summed E-state index contributed by atoms with van der Waals surface area (Å²) in [5.41, 5.74) is 1.09. The molecule has 1 saturated heterocycles. The second-order valence-corrected chi connectivity index (χ2v) is 5.67. The second kappa shape index (κ2) is 8.36. The summed E-state index contributed by atoms with van der Waals surface area (Å²) in [5, 5.41) is 6.52. The molecular formula is C16H24ClN3O2. The Morgan fingerprint density at radius 2 is 2.18 bits per heavy atom. The van der Waals surface area contributed by atoms with Gasteiger partial charge in [-0.1, -0.05) is 18.2 Å². The topological polar surface area (TPSA) is 53.6 Å². The molecule has 2 N–H and O–H groups in total. The molecule has 0 spiro atoms. The van der Waals surface area contributed by atoms with E-state index < -0.39 is 0 Å². The van der Waals surface area contributed by atoms with Crippen LogP contribution in [0.5, 0.6) is 5.75 Å². The van der Waals surface area contributed by atoms with Crippen LogP contribution in [0, 0.1) is 0 Å². The summed E-state index contributed by atoms with van der Waals surface area (Å²) < 4.78 is 5.63. The standard InChI is InChI=1S/C16H23N3O2.ClH/c20-16(12-19-9-3-7-17-8-10-19)18-14-6-11-21-15-5-2-1-4-13(14)15;/h1-2,4-5,14,17H,3,6-12H2,(H,18,20);1H. The molecule has 0 radical (unpaired) electrons. The fourth-order valence-electron chi connectivity index (χ4n) is 2.99. The third kappa shape index (κ3) is 4.35. The van der Waals surface area contributed by atoms with Crippen molar-refractivity contribution in [2.45, 2.75) is 18.9 Å². The Bertz CT molecular complexity index is 490. The number of carbonyl (C=O) groups is 1. The van der Waals surface area contributed by atoms with Crippen LogP contribution in [-0.4, -0.2) is 50.1 Å². The maximum atomic E-state index is 12.3. The Labute approximate surface area is 137 Å². The molecule has 22 heavy (non-hydrogen) atoms. The average Bonchev–Trinajstić information content (AvgIpc) is 2.76. The van der Waals surface area contributed by atoms with Gasteiger partial charge in [0.1, 0.15) is 5.75 Å². The summed E-state index contributed by atoms with van der Waals surface area (Å²) in [5.74, 6) is 1.01. The molecule has 1 aromatic rings. The molecule has 0 aliphatic carbocycles. The quantitative estimate of drug-likeness (QED) is 0.880. The Hall–Kier alpha value is -1.30. The zero-order chi connectivity index (χ0) is 14.5. The smallest absolute Gasteiger partial charge is 0.234 e. The molecule has 1 amide bonds. The zero-order valence-corrected chi connectivity index (χ0v) is 13.5. The van der Waals surface area contributed by atoms with Crippen LogP contribution >= 0.6 is 12.4 Å². The van der Waals surface area contributed by atoms with Gasteiger partial charge in [0, 0.05) is 25.1 Å².